The first-order chi connectivity index (χ1) is 11.4. The van der Waals surface area contributed by atoms with Crippen LogP contribution >= 0.6 is 11.6 Å². The predicted octanol–water partition coefficient (Wildman–Crippen LogP) is 3.73. The molecule has 2 rings (SSSR count). The maximum absolute atomic E-state index is 12.8. The van der Waals surface area contributed by atoms with Gasteiger partial charge in [0.05, 0.1) is 22.8 Å². The van der Waals surface area contributed by atoms with Crippen molar-refractivity contribution >= 4 is 33.3 Å². The lowest BCUT2D eigenvalue weighted by molar-refractivity contribution is 0.0526. The van der Waals surface area contributed by atoms with Crippen LogP contribution in [0.4, 0.5) is 5.69 Å². The fraction of sp³-hybridized carbons (Fsp3) is 0.235. The average Bonchev–Trinajstić information content (AvgIpc) is 2.56. The van der Waals surface area contributed by atoms with E-state index in [1.165, 1.54) is 28.6 Å². The van der Waals surface area contributed by atoms with Crippen molar-refractivity contribution in [3.63, 3.8) is 0 Å². The van der Waals surface area contributed by atoms with Crippen LogP contribution in [-0.2, 0) is 14.8 Å². The minimum Gasteiger partial charge on any atom is -0.462 e. The molecule has 24 heavy (non-hydrogen) atoms. The molecule has 0 saturated carbocycles. The first-order valence-corrected chi connectivity index (χ1v) is 9.27. The first-order valence-electron chi connectivity index (χ1n) is 7.45. The predicted molar refractivity (Wildman–Crippen MR) is 94.1 cm³/mol. The minimum atomic E-state index is -3.71. The van der Waals surface area contributed by atoms with E-state index >= 15 is 0 Å². The molecule has 0 N–H and O–H groups in total. The third-order valence-electron chi connectivity index (χ3n) is 3.36. The van der Waals surface area contributed by atoms with Crippen molar-refractivity contribution < 1.29 is 17.9 Å². The highest BCUT2D eigenvalue weighted by atomic mass is 35.5. The Bertz CT molecular complexity index is 801. The Labute approximate surface area is 146 Å². The highest BCUT2D eigenvalue weighted by Gasteiger charge is 2.23. The summed E-state index contributed by atoms with van der Waals surface area (Å²) in [5, 5.41) is 0.468. The maximum atomic E-state index is 12.8. The number of benzene rings is 2. The van der Waals surface area contributed by atoms with Crippen LogP contribution < -0.4 is 4.31 Å². The first kappa shape index (κ1) is 18.3. The van der Waals surface area contributed by atoms with E-state index in [-0.39, 0.29) is 18.0 Å². The SMILES string of the molecule is CCOC(=O)c1ccc(N(CC)S(=O)(=O)c2ccc(Cl)cc2)cc1. The van der Waals surface area contributed by atoms with Gasteiger partial charge in [0.2, 0.25) is 0 Å². The highest BCUT2D eigenvalue weighted by Crippen LogP contribution is 2.25. The molecule has 0 spiro atoms. The van der Waals surface area contributed by atoms with E-state index in [0.29, 0.717) is 16.3 Å². The summed E-state index contributed by atoms with van der Waals surface area (Å²) in [6, 6.07) is 12.3. The molecule has 0 aromatic heterocycles. The summed E-state index contributed by atoms with van der Waals surface area (Å²) in [7, 11) is -3.71. The van der Waals surface area contributed by atoms with Crippen molar-refractivity contribution in [2.75, 3.05) is 17.5 Å². The quantitative estimate of drug-likeness (QED) is 0.730. The topological polar surface area (TPSA) is 63.7 Å². The number of ether oxygens (including phenoxy) is 1. The average molecular weight is 368 g/mol. The Morgan fingerprint density at radius 1 is 1.04 bits per heavy atom. The van der Waals surface area contributed by atoms with Gasteiger partial charge >= 0.3 is 5.97 Å². The lowest BCUT2D eigenvalue weighted by Crippen LogP contribution is -2.30. The van der Waals surface area contributed by atoms with E-state index in [0.717, 1.165) is 0 Å². The zero-order valence-corrected chi connectivity index (χ0v) is 15.0. The number of rotatable bonds is 6. The molecule has 0 heterocycles. The molecular weight excluding hydrogens is 350 g/mol. The van der Waals surface area contributed by atoms with Gasteiger partial charge in [-0.1, -0.05) is 11.6 Å². The summed E-state index contributed by atoms with van der Waals surface area (Å²) in [5.41, 5.74) is 0.848. The molecule has 128 valence electrons. The number of anilines is 1. The van der Waals surface area contributed by atoms with E-state index < -0.39 is 16.0 Å². The molecule has 0 aliphatic carbocycles. The zero-order chi connectivity index (χ0) is 17.7. The Hall–Kier alpha value is -2.05. The Morgan fingerprint density at radius 2 is 1.62 bits per heavy atom. The van der Waals surface area contributed by atoms with Crippen LogP contribution in [0.3, 0.4) is 0 Å². The number of esters is 1. The molecule has 0 aliphatic heterocycles. The number of carbonyl (C=O) groups excluding carboxylic acids is 1. The van der Waals surface area contributed by atoms with Crippen LogP contribution in [0.15, 0.2) is 53.4 Å². The highest BCUT2D eigenvalue weighted by molar-refractivity contribution is 7.92. The van der Waals surface area contributed by atoms with Gasteiger partial charge in [0.1, 0.15) is 0 Å². The van der Waals surface area contributed by atoms with E-state index in [2.05, 4.69) is 0 Å². The zero-order valence-electron chi connectivity index (χ0n) is 13.4. The van der Waals surface area contributed by atoms with E-state index in [9.17, 15) is 13.2 Å². The number of carbonyl (C=O) groups is 1. The number of hydrogen-bond donors (Lipinski definition) is 0. The molecule has 0 fully saturated rings. The molecule has 0 saturated heterocycles. The number of hydrogen-bond acceptors (Lipinski definition) is 4. The normalized spacial score (nSPS) is 11.1. The minimum absolute atomic E-state index is 0.156. The fourth-order valence-corrected chi connectivity index (χ4v) is 3.80. The van der Waals surface area contributed by atoms with E-state index in [1.807, 2.05) is 0 Å². The van der Waals surface area contributed by atoms with Gasteiger partial charge in [-0.3, -0.25) is 4.31 Å². The molecule has 0 amide bonds. The molecule has 0 unspecified atom stereocenters. The third kappa shape index (κ3) is 3.88. The summed E-state index contributed by atoms with van der Waals surface area (Å²) in [6.45, 7) is 4.01. The third-order valence-corrected chi connectivity index (χ3v) is 5.52. The van der Waals surface area contributed by atoms with Crippen molar-refractivity contribution in [1.29, 1.82) is 0 Å². The van der Waals surface area contributed by atoms with Crippen LogP contribution in [0, 0.1) is 0 Å². The van der Waals surface area contributed by atoms with Crippen molar-refractivity contribution in [2.24, 2.45) is 0 Å². The largest absolute Gasteiger partial charge is 0.462 e. The summed E-state index contributed by atoms with van der Waals surface area (Å²) < 4.78 is 31.8. The molecule has 2 aromatic rings. The van der Waals surface area contributed by atoms with Gasteiger partial charge in [-0.05, 0) is 62.4 Å². The number of nitrogens with zero attached hydrogens (tertiary/aromatic N) is 1. The second-order valence-electron chi connectivity index (χ2n) is 4.89. The lowest BCUT2D eigenvalue weighted by Gasteiger charge is -2.23. The van der Waals surface area contributed by atoms with Crippen molar-refractivity contribution in [3.05, 3.63) is 59.1 Å². The molecule has 0 aliphatic rings. The van der Waals surface area contributed by atoms with Crippen LogP contribution in [0.25, 0.3) is 0 Å². The molecule has 5 nitrogen and oxygen atoms in total. The van der Waals surface area contributed by atoms with E-state index in [1.54, 1.807) is 38.1 Å². The van der Waals surface area contributed by atoms with Crippen LogP contribution in [0.2, 0.25) is 5.02 Å². The fourth-order valence-electron chi connectivity index (χ4n) is 2.20. The van der Waals surface area contributed by atoms with Crippen LogP contribution in [0.1, 0.15) is 24.2 Å². The van der Waals surface area contributed by atoms with Crippen molar-refractivity contribution in [2.45, 2.75) is 18.7 Å². The van der Waals surface area contributed by atoms with Gasteiger partial charge in [0.25, 0.3) is 10.0 Å². The molecule has 7 heteroatoms. The number of sulfonamides is 1. The van der Waals surface area contributed by atoms with Crippen molar-refractivity contribution in [1.82, 2.24) is 0 Å². The van der Waals surface area contributed by atoms with E-state index in [4.69, 9.17) is 16.3 Å². The van der Waals surface area contributed by atoms with Gasteiger partial charge in [-0.15, -0.1) is 0 Å². The summed E-state index contributed by atoms with van der Waals surface area (Å²) >= 11 is 5.81. The van der Waals surface area contributed by atoms with Gasteiger partial charge < -0.3 is 4.74 Å². The Kier molecular flexibility index (Phi) is 5.85. The molecule has 0 atom stereocenters. The monoisotopic (exact) mass is 367 g/mol. The molecule has 0 bridgehead atoms. The second-order valence-corrected chi connectivity index (χ2v) is 7.19. The van der Waals surface area contributed by atoms with Crippen LogP contribution in [-0.4, -0.2) is 27.5 Å². The Morgan fingerprint density at radius 3 is 2.12 bits per heavy atom. The van der Waals surface area contributed by atoms with Crippen LogP contribution in [0.5, 0.6) is 0 Å². The molecule has 2 aromatic carbocycles. The smallest absolute Gasteiger partial charge is 0.338 e. The summed E-state index contributed by atoms with van der Waals surface area (Å²) in [6.07, 6.45) is 0. The van der Waals surface area contributed by atoms with Gasteiger partial charge in [0, 0.05) is 11.6 Å². The summed E-state index contributed by atoms with van der Waals surface area (Å²) in [4.78, 5) is 11.8. The second kappa shape index (κ2) is 7.68. The number of halogens is 1. The standard InChI is InChI=1S/C17H18ClNO4S/c1-3-19(24(21,22)16-11-7-14(18)8-12-16)15-9-5-13(6-10-15)17(20)23-4-2/h5-12H,3-4H2,1-2H3. The Balaban J connectivity index is 2.34. The van der Waals surface area contributed by atoms with Gasteiger partial charge in [-0.25, -0.2) is 13.2 Å². The summed E-state index contributed by atoms with van der Waals surface area (Å²) in [5.74, 6) is -0.437. The molecular formula is C17H18ClNO4S. The van der Waals surface area contributed by atoms with Gasteiger partial charge in [0.15, 0.2) is 0 Å². The molecule has 0 radical (unpaired) electrons. The van der Waals surface area contributed by atoms with Gasteiger partial charge in [-0.2, -0.15) is 0 Å². The lowest BCUT2D eigenvalue weighted by atomic mass is 10.2. The van der Waals surface area contributed by atoms with Crippen molar-refractivity contribution in [3.8, 4) is 0 Å². The maximum Gasteiger partial charge on any atom is 0.338 e.